The number of hydrogen-bond acceptors (Lipinski definition) is 3. The normalized spacial score (nSPS) is 19.7. The number of anilines is 2. The smallest absolute Gasteiger partial charge is 0.399 e. The number of allylic oxidation sites excluding steroid dienone is 4. The molecule has 0 radical (unpaired) electrons. The number of nitrogens with one attached hydrogen (secondary N) is 1. The van der Waals surface area contributed by atoms with Gasteiger partial charge in [-0.2, -0.15) is 0 Å². The van der Waals surface area contributed by atoms with E-state index in [0.717, 1.165) is 40.0 Å². The summed E-state index contributed by atoms with van der Waals surface area (Å²) in [5.74, 6) is 6.88. The van der Waals surface area contributed by atoms with E-state index in [1.807, 2.05) is 0 Å². The van der Waals surface area contributed by atoms with E-state index in [0.29, 0.717) is 0 Å². The third kappa shape index (κ3) is 3.89. The molecule has 2 aliphatic heterocycles. The molecular weight excluding hydrogens is 621 g/mol. The van der Waals surface area contributed by atoms with Gasteiger partial charge in [-0.15, -0.1) is 0 Å². The zero-order chi connectivity index (χ0) is 34.9. The summed E-state index contributed by atoms with van der Waals surface area (Å²) in [6.45, 7) is 13.3. The van der Waals surface area contributed by atoms with Gasteiger partial charge in [0.05, 0.1) is 22.3 Å². The molecule has 3 nitrogen and oxygen atoms in total. The molecule has 0 atom stereocenters. The van der Waals surface area contributed by atoms with Crippen molar-refractivity contribution in [2.45, 2.75) is 70.0 Å². The van der Waals surface area contributed by atoms with Gasteiger partial charge in [-0.3, -0.25) is 0 Å². The Kier molecular flexibility index (Phi) is 6.18. The van der Waals surface area contributed by atoms with Gasteiger partial charge in [0.25, 0.3) is 0 Å². The molecule has 0 saturated carbocycles. The van der Waals surface area contributed by atoms with Crippen LogP contribution in [0.15, 0.2) is 115 Å². The molecule has 5 aromatic rings. The fourth-order valence-corrected chi connectivity index (χ4v) is 9.48. The second kappa shape index (κ2) is 10.3. The molecule has 0 bridgehead atoms. The van der Waals surface area contributed by atoms with Crippen molar-refractivity contribution in [1.82, 2.24) is 0 Å². The van der Waals surface area contributed by atoms with Crippen molar-refractivity contribution >= 4 is 29.5 Å². The quantitative estimate of drug-likeness (QED) is 0.148. The van der Waals surface area contributed by atoms with E-state index in [-0.39, 0.29) is 5.41 Å². The van der Waals surface area contributed by atoms with Gasteiger partial charge in [-0.25, -0.2) is 0 Å². The highest BCUT2D eigenvalue weighted by molar-refractivity contribution is 6.64. The number of fused-ring (bicyclic) bond motifs is 8. The molecule has 248 valence electrons. The summed E-state index contributed by atoms with van der Waals surface area (Å²) in [5, 5.41) is 4.03. The van der Waals surface area contributed by atoms with Crippen molar-refractivity contribution in [1.29, 1.82) is 0 Å². The van der Waals surface area contributed by atoms with Crippen molar-refractivity contribution in [3.05, 3.63) is 154 Å². The van der Waals surface area contributed by atoms with Crippen LogP contribution < -0.4 is 10.8 Å². The molecule has 5 aliphatic rings. The summed E-state index contributed by atoms with van der Waals surface area (Å²) in [4.78, 5) is 0. The maximum Gasteiger partial charge on any atom is 0.495 e. The van der Waals surface area contributed by atoms with Crippen molar-refractivity contribution in [3.8, 4) is 34.1 Å². The van der Waals surface area contributed by atoms with Crippen LogP contribution in [-0.4, -0.2) is 18.3 Å². The van der Waals surface area contributed by atoms with Crippen LogP contribution in [0.1, 0.15) is 86.9 Å². The van der Waals surface area contributed by atoms with Crippen molar-refractivity contribution in [2.24, 2.45) is 0 Å². The Morgan fingerprint density at radius 3 is 1.92 bits per heavy atom. The van der Waals surface area contributed by atoms with E-state index >= 15 is 0 Å². The summed E-state index contributed by atoms with van der Waals surface area (Å²) in [6.07, 6.45) is 7.16. The van der Waals surface area contributed by atoms with Crippen LogP contribution in [-0.2, 0) is 20.1 Å². The van der Waals surface area contributed by atoms with Gasteiger partial charge in [0.1, 0.15) is 0 Å². The van der Waals surface area contributed by atoms with E-state index in [1.165, 1.54) is 50.1 Å². The highest BCUT2D eigenvalue weighted by Crippen LogP contribution is 2.66. The molecule has 1 N–H and O–H groups in total. The molecule has 0 unspecified atom stereocenters. The minimum atomic E-state index is -0.540. The number of para-hydroxylation sites is 1. The van der Waals surface area contributed by atoms with Crippen LogP contribution in [0.25, 0.3) is 27.8 Å². The number of rotatable bonds is 2. The second-order valence-electron chi connectivity index (χ2n) is 16.1. The van der Waals surface area contributed by atoms with Gasteiger partial charge >= 0.3 is 7.12 Å². The summed E-state index contributed by atoms with van der Waals surface area (Å²) < 4.78 is 13.7. The topological polar surface area (TPSA) is 30.5 Å². The molecule has 2 heterocycles. The molecule has 1 spiro atoms. The van der Waals surface area contributed by atoms with E-state index in [9.17, 15) is 0 Å². The van der Waals surface area contributed by atoms with Crippen LogP contribution in [0.2, 0.25) is 0 Å². The SMILES string of the molecule is CC1(C)c2ccccc2C2(c3ccccc31)c1ccc(C3=CC=CCC#C3)c3c1-c1c2ccc(B2OC(C)(C)C(C)(C)O2)c1-c1ccccc1N3. The maximum atomic E-state index is 6.85. The van der Waals surface area contributed by atoms with Gasteiger partial charge in [-0.05, 0) is 89.8 Å². The minimum absolute atomic E-state index is 0.176. The Balaban J connectivity index is 1.40. The first kappa shape index (κ1) is 30.7. The molecular formula is C47H40BNO2. The van der Waals surface area contributed by atoms with E-state index in [1.54, 1.807) is 0 Å². The predicted octanol–water partition coefficient (Wildman–Crippen LogP) is 10.1. The van der Waals surface area contributed by atoms with E-state index < -0.39 is 23.7 Å². The summed E-state index contributed by atoms with van der Waals surface area (Å²) in [6, 6.07) is 36.4. The minimum Gasteiger partial charge on any atom is -0.399 e. The third-order valence-corrected chi connectivity index (χ3v) is 12.6. The van der Waals surface area contributed by atoms with Crippen molar-refractivity contribution in [3.63, 3.8) is 0 Å². The Labute approximate surface area is 301 Å². The monoisotopic (exact) mass is 661 g/mol. The lowest BCUT2D eigenvalue weighted by Gasteiger charge is -2.46. The van der Waals surface area contributed by atoms with E-state index in [4.69, 9.17) is 9.31 Å². The van der Waals surface area contributed by atoms with Gasteiger partial charge < -0.3 is 14.6 Å². The van der Waals surface area contributed by atoms with Gasteiger partial charge in [0.15, 0.2) is 0 Å². The fraction of sp³-hybridized carbons (Fsp3) is 0.234. The highest BCUT2D eigenvalue weighted by Gasteiger charge is 2.57. The Morgan fingerprint density at radius 1 is 0.608 bits per heavy atom. The lowest BCUT2D eigenvalue weighted by molar-refractivity contribution is 0.00578. The zero-order valence-corrected chi connectivity index (χ0v) is 30.1. The van der Waals surface area contributed by atoms with Crippen LogP contribution >= 0.6 is 0 Å². The Morgan fingerprint density at radius 2 is 1.22 bits per heavy atom. The summed E-state index contributed by atoms with van der Waals surface area (Å²) >= 11 is 0. The first-order valence-corrected chi connectivity index (χ1v) is 18.2. The summed E-state index contributed by atoms with van der Waals surface area (Å²) in [7, 11) is -0.529. The Hall–Kier alpha value is -5.08. The van der Waals surface area contributed by atoms with Crippen molar-refractivity contribution < 1.29 is 9.31 Å². The third-order valence-electron chi connectivity index (χ3n) is 12.6. The zero-order valence-electron chi connectivity index (χ0n) is 30.1. The first-order valence-electron chi connectivity index (χ1n) is 18.2. The molecule has 4 heteroatoms. The van der Waals surface area contributed by atoms with Crippen LogP contribution in [0, 0.1) is 11.8 Å². The van der Waals surface area contributed by atoms with Crippen LogP contribution in [0.5, 0.6) is 0 Å². The standard InChI is InChI=1S/C47H40BNO2/c1-44(2)32-20-12-14-22-34(32)47(35-23-15-13-21-33(35)44)36-27-28-38(48-50-45(3,4)46(5,6)51-48)40-31-19-11-16-24-39(31)49-43-30(29-17-9-7-8-10-18-29)25-26-37(47)42(43)41(36)40/h7,9,11-17,19-28,49H,8H2,1-6H3. The average molecular weight is 662 g/mol. The molecule has 3 aliphatic carbocycles. The van der Waals surface area contributed by atoms with E-state index in [2.05, 4.69) is 174 Å². The molecule has 10 rings (SSSR count). The highest BCUT2D eigenvalue weighted by atomic mass is 16.7. The first-order chi connectivity index (χ1) is 24.6. The van der Waals surface area contributed by atoms with Crippen molar-refractivity contribution in [2.75, 3.05) is 5.32 Å². The predicted molar refractivity (Wildman–Crippen MR) is 210 cm³/mol. The molecule has 5 aromatic carbocycles. The maximum absolute atomic E-state index is 6.85. The van der Waals surface area contributed by atoms with Crippen LogP contribution in [0.3, 0.4) is 0 Å². The average Bonchev–Trinajstić information content (AvgIpc) is 3.30. The summed E-state index contributed by atoms with van der Waals surface area (Å²) in [5.41, 5.74) is 16.4. The molecule has 0 amide bonds. The van der Waals surface area contributed by atoms with Gasteiger partial charge in [0, 0.05) is 39.8 Å². The Bertz CT molecular complexity index is 2420. The molecule has 1 fully saturated rings. The lowest BCUT2D eigenvalue weighted by atomic mass is 9.55. The number of benzene rings is 5. The fourth-order valence-electron chi connectivity index (χ4n) is 9.48. The van der Waals surface area contributed by atoms with Crippen LogP contribution in [0.4, 0.5) is 11.4 Å². The molecule has 0 aromatic heterocycles. The molecule has 1 saturated heterocycles. The van der Waals surface area contributed by atoms with Gasteiger partial charge in [-0.1, -0.05) is 129 Å². The second-order valence-corrected chi connectivity index (χ2v) is 16.1. The van der Waals surface area contributed by atoms with Gasteiger partial charge in [0.2, 0.25) is 0 Å². The largest absolute Gasteiger partial charge is 0.495 e. The molecule has 51 heavy (non-hydrogen) atoms. The number of hydrogen-bond donors (Lipinski definition) is 1. The lowest BCUT2D eigenvalue weighted by Crippen LogP contribution is -2.41.